The van der Waals surface area contributed by atoms with Gasteiger partial charge in [-0.3, -0.25) is 4.98 Å². The molecule has 2 aromatic rings. The normalized spacial score (nSPS) is 12.1. The van der Waals surface area contributed by atoms with Gasteiger partial charge in [-0.1, -0.05) is 11.6 Å². The predicted molar refractivity (Wildman–Crippen MR) is 75.3 cm³/mol. The third-order valence-electron chi connectivity index (χ3n) is 2.21. The zero-order valence-corrected chi connectivity index (χ0v) is 12.1. The van der Waals surface area contributed by atoms with Crippen molar-refractivity contribution >= 4 is 50.5 Å². The van der Waals surface area contributed by atoms with Gasteiger partial charge < -0.3 is 10.4 Å². The van der Waals surface area contributed by atoms with Gasteiger partial charge in [0.2, 0.25) is 0 Å². The molecule has 0 aliphatic heterocycles. The monoisotopic (exact) mass is 346 g/mol. The topological polar surface area (TPSA) is 62.2 Å². The molecule has 7 heteroatoms. The summed E-state index contributed by atoms with van der Waals surface area (Å²) in [5, 5.41) is 12.7. The molecular weight excluding hydrogens is 340 g/mol. The molecule has 1 aromatic heterocycles. The smallest absolute Gasteiger partial charge is 0.331 e. The maximum atomic E-state index is 11.2. The zero-order valence-electron chi connectivity index (χ0n) is 8.93. The van der Waals surface area contributed by atoms with Crippen molar-refractivity contribution in [1.82, 2.24) is 4.98 Å². The molecule has 0 bridgehead atoms. The molecular formula is C11H8BrClN2O2S. The lowest BCUT2D eigenvalue weighted by atomic mass is 10.2. The predicted octanol–water partition coefficient (Wildman–Crippen LogP) is 3.80. The Bertz CT molecular complexity index is 562. The molecule has 94 valence electrons. The molecule has 1 heterocycles. The third kappa shape index (κ3) is 3.01. The number of anilines is 1. The van der Waals surface area contributed by atoms with Gasteiger partial charge in [0.05, 0.1) is 15.4 Å². The molecule has 1 atom stereocenters. The fourth-order valence-electron chi connectivity index (χ4n) is 1.38. The first-order valence-electron chi connectivity index (χ1n) is 4.90. The van der Waals surface area contributed by atoms with E-state index in [4.69, 9.17) is 11.6 Å². The molecule has 4 nitrogen and oxygen atoms in total. The Morgan fingerprint density at radius 2 is 2.33 bits per heavy atom. The van der Waals surface area contributed by atoms with Crippen LogP contribution in [-0.4, -0.2) is 16.1 Å². The minimum Gasteiger partial charge on any atom is -0.479 e. The Balaban J connectivity index is 2.24. The van der Waals surface area contributed by atoms with E-state index in [0.29, 0.717) is 20.1 Å². The number of halogens is 2. The summed E-state index contributed by atoms with van der Waals surface area (Å²) in [6.07, 6.45) is 1.54. The highest BCUT2D eigenvalue weighted by molar-refractivity contribution is 9.10. The summed E-state index contributed by atoms with van der Waals surface area (Å²) < 4.78 is 0.711. The van der Waals surface area contributed by atoms with Gasteiger partial charge in [0.15, 0.2) is 6.04 Å². The number of nitrogens with zero attached hydrogens (tertiary/aromatic N) is 1. The van der Waals surface area contributed by atoms with Crippen LogP contribution < -0.4 is 5.32 Å². The van der Waals surface area contributed by atoms with Crippen LogP contribution in [0.15, 0.2) is 34.4 Å². The highest BCUT2D eigenvalue weighted by atomic mass is 79.9. The number of aliphatic carboxylic acids is 1. The Morgan fingerprint density at radius 3 is 2.89 bits per heavy atom. The van der Waals surface area contributed by atoms with Gasteiger partial charge in [-0.15, -0.1) is 11.3 Å². The number of hydrogen-bond acceptors (Lipinski definition) is 4. The van der Waals surface area contributed by atoms with Crippen LogP contribution in [0.2, 0.25) is 5.02 Å². The molecule has 0 fully saturated rings. The van der Waals surface area contributed by atoms with E-state index < -0.39 is 12.0 Å². The summed E-state index contributed by atoms with van der Waals surface area (Å²) in [5.74, 6) is -0.953. The third-order valence-corrected chi connectivity index (χ3v) is 4.27. The van der Waals surface area contributed by atoms with Gasteiger partial charge in [0, 0.05) is 16.4 Å². The van der Waals surface area contributed by atoms with Crippen molar-refractivity contribution in [3.63, 3.8) is 0 Å². The highest BCUT2D eigenvalue weighted by Gasteiger charge is 2.21. The van der Waals surface area contributed by atoms with Gasteiger partial charge in [-0.05, 0) is 34.1 Å². The van der Waals surface area contributed by atoms with E-state index in [-0.39, 0.29) is 0 Å². The number of benzene rings is 1. The molecule has 18 heavy (non-hydrogen) atoms. The molecule has 2 rings (SSSR count). The van der Waals surface area contributed by atoms with Crippen LogP contribution in [0.4, 0.5) is 5.69 Å². The molecule has 1 aromatic carbocycles. The first kappa shape index (κ1) is 13.3. The van der Waals surface area contributed by atoms with Gasteiger partial charge in [0.25, 0.3) is 0 Å². The zero-order chi connectivity index (χ0) is 13.1. The molecule has 0 aliphatic rings. The van der Waals surface area contributed by atoms with E-state index in [1.54, 1.807) is 29.9 Å². The average Bonchev–Trinajstić information content (AvgIpc) is 2.83. The van der Waals surface area contributed by atoms with Crippen molar-refractivity contribution in [3.8, 4) is 0 Å². The van der Waals surface area contributed by atoms with E-state index in [0.717, 1.165) is 0 Å². The first-order valence-corrected chi connectivity index (χ1v) is 6.96. The number of hydrogen-bond donors (Lipinski definition) is 2. The number of aromatic nitrogens is 1. The summed E-state index contributed by atoms with van der Waals surface area (Å²) in [6, 6.07) is 4.34. The molecule has 0 saturated heterocycles. The number of rotatable bonds is 4. The van der Waals surface area contributed by atoms with Crippen molar-refractivity contribution in [2.75, 3.05) is 5.32 Å². The summed E-state index contributed by atoms with van der Waals surface area (Å²) in [5.41, 5.74) is 2.28. The van der Waals surface area contributed by atoms with Crippen molar-refractivity contribution in [2.24, 2.45) is 0 Å². The number of thiazole rings is 1. The number of carboxylic acids is 1. The molecule has 1 unspecified atom stereocenters. The molecule has 0 spiro atoms. The Morgan fingerprint density at radius 1 is 1.56 bits per heavy atom. The van der Waals surface area contributed by atoms with Crippen LogP contribution in [-0.2, 0) is 4.79 Å². The second kappa shape index (κ2) is 5.69. The fourth-order valence-corrected chi connectivity index (χ4v) is 2.53. The minimum absolute atomic E-state index is 0.574. The summed E-state index contributed by atoms with van der Waals surface area (Å²) in [6.45, 7) is 0. The van der Waals surface area contributed by atoms with Gasteiger partial charge >= 0.3 is 5.97 Å². The van der Waals surface area contributed by atoms with Crippen LogP contribution in [0.25, 0.3) is 0 Å². The molecule has 2 N–H and O–H groups in total. The highest BCUT2D eigenvalue weighted by Crippen LogP contribution is 2.28. The number of nitrogens with one attached hydrogen (secondary N) is 1. The molecule has 0 saturated carbocycles. The lowest BCUT2D eigenvalue weighted by molar-refractivity contribution is -0.138. The van der Waals surface area contributed by atoms with Gasteiger partial charge in [-0.2, -0.15) is 0 Å². The van der Waals surface area contributed by atoms with E-state index in [1.165, 1.54) is 11.3 Å². The molecule has 0 aliphatic carbocycles. The van der Waals surface area contributed by atoms with E-state index in [9.17, 15) is 9.90 Å². The maximum Gasteiger partial charge on any atom is 0.331 e. The van der Waals surface area contributed by atoms with E-state index in [2.05, 4.69) is 26.2 Å². The largest absolute Gasteiger partial charge is 0.479 e. The van der Waals surface area contributed by atoms with Crippen LogP contribution in [0.5, 0.6) is 0 Å². The molecule has 0 amide bonds. The molecule has 0 radical (unpaired) electrons. The maximum absolute atomic E-state index is 11.2. The lowest BCUT2D eigenvalue weighted by Gasteiger charge is -2.14. The Hall–Kier alpha value is -1.11. The standard InChI is InChI=1S/C11H8BrClN2O2S/c12-7-3-6(1-2-8(7)13)15-10(11(16)17)9-4-14-5-18-9/h1-5,10,15H,(H,16,17). The summed E-state index contributed by atoms with van der Waals surface area (Å²) in [7, 11) is 0. The van der Waals surface area contributed by atoms with Gasteiger partial charge in [0.1, 0.15) is 0 Å². The van der Waals surface area contributed by atoms with Crippen molar-refractivity contribution < 1.29 is 9.90 Å². The Kier molecular flexibility index (Phi) is 4.21. The quantitative estimate of drug-likeness (QED) is 0.883. The van der Waals surface area contributed by atoms with Crippen molar-refractivity contribution in [2.45, 2.75) is 6.04 Å². The van der Waals surface area contributed by atoms with Crippen LogP contribution in [0.1, 0.15) is 10.9 Å². The van der Waals surface area contributed by atoms with Crippen LogP contribution in [0, 0.1) is 0 Å². The Labute approximate surface area is 121 Å². The number of carbonyl (C=O) groups is 1. The van der Waals surface area contributed by atoms with E-state index in [1.807, 2.05) is 0 Å². The van der Waals surface area contributed by atoms with Crippen LogP contribution in [0.3, 0.4) is 0 Å². The van der Waals surface area contributed by atoms with E-state index >= 15 is 0 Å². The van der Waals surface area contributed by atoms with Crippen molar-refractivity contribution in [1.29, 1.82) is 0 Å². The lowest BCUT2D eigenvalue weighted by Crippen LogP contribution is -2.19. The number of carboxylic acid groups (broad SMARTS) is 1. The van der Waals surface area contributed by atoms with Crippen molar-refractivity contribution in [3.05, 3.63) is 44.3 Å². The summed E-state index contributed by atoms with van der Waals surface area (Å²) >= 11 is 10.5. The first-order chi connectivity index (χ1) is 8.58. The minimum atomic E-state index is -0.953. The SMILES string of the molecule is O=C(O)C(Nc1ccc(Cl)c(Br)c1)c1cncs1. The second-order valence-electron chi connectivity index (χ2n) is 3.45. The summed E-state index contributed by atoms with van der Waals surface area (Å²) in [4.78, 5) is 15.8. The van der Waals surface area contributed by atoms with Crippen LogP contribution >= 0.6 is 38.9 Å². The second-order valence-corrected chi connectivity index (χ2v) is 5.63. The van der Waals surface area contributed by atoms with Gasteiger partial charge in [-0.25, -0.2) is 4.79 Å². The fraction of sp³-hybridized carbons (Fsp3) is 0.0909. The average molecular weight is 348 g/mol.